The summed E-state index contributed by atoms with van der Waals surface area (Å²) in [4.78, 5) is 11.3. The van der Waals surface area contributed by atoms with Crippen molar-refractivity contribution in [2.75, 3.05) is 13.2 Å². The SMILES string of the molecule is CCOc1cc([C@@H](C[N+](=O)[O-])Sc2nnc(C)n2-c2ccc(F)cc2)cc(Br)c1OCc1ccccc1Cl. The van der Waals surface area contributed by atoms with Gasteiger partial charge in [-0.1, -0.05) is 41.6 Å². The van der Waals surface area contributed by atoms with Crippen molar-refractivity contribution >= 4 is 39.3 Å². The molecule has 0 aliphatic heterocycles. The van der Waals surface area contributed by atoms with Gasteiger partial charge in [0.05, 0.1) is 11.1 Å². The van der Waals surface area contributed by atoms with Crippen molar-refractivity contribution in [1.82, 2.24) is 14.8 Å². The minimum atomic E-state index is -0.638. The summed E-state index contributed by atoms with van der Waals surface area (Å²) in [6, 6.07) is 16.8. The Kier molecular flexibility index (Phi) is 9.24. The first-order chi connectivity index (χ1) is 18.3. The van der Waals surface area contributed by atoms with E-state index in [1.165, 1.54) is 23.9 Å². The van der Waals surface area contributed by atoms with E-state index in [-0.39, 0.29) is 23.9 Å². The Balaban J connectivity index is 1.67. The van der Waals surface area contributed by atoms with E-state index in [4.69, 9.17) is 21.1 Å². The molecule has 0 amide bonds. The zero-order valence-corrected chi connectivity index (χ0v) is 23.6. The summed E-state index contributed by atoms with van der Waals surface area (Å²) < 4.78 is 27.7. The number of aryl methyl sites for hydroxylation is 1. The second-order valence-electron chi connectivity index (χ2n) is 8.11. The molecule has 8 nitrogen and oxygen atoms in total. The van der Waals surface area contributed by atoms with E-state index >= 15 is 0 Å². The van der Waals surface area contributed by atoms with Crippen LogP contribution in [0.3, 0.4) is 0 Å². The van der Waals surface area contributed by atoms with Gasteiger partial charge in [0.1, 0.15) is 23.5 Å². The van der Waals surface area contributed by atoms with Crippen molar-refractivity contribution in [2.45, 2.75) is 30.9 Å². The third-order valence-electron chi connectivity index (χ3n) is 5.48. The molecule has 1 atom stereocenters. The second kappa shape index (κ2) is 12.6. The number of thioether (sulfide) groups is 1. The van der Waals surface area contributed by atoms with Crippen LogP contribution in [-0.2, 0) is 6.61 Å². The van der Waals surface area contributed by atoms with Gasteiger partial charge in [0, 0.05) is 21.2 Å². The molecule has 0 aliphatic carbocycles. The fraction of sp³-hybridized carbons (Fsp3) is 0.231. The quantitative estimate of drug-likeness (QED) is 0.0992. The van der Waals surface area contributed by atoms with Crippen molar-refractivity contribution in [3.05, 3.63) is 103 Å². The lowest BCUT2D eigenvalue weighted by Gasteiger charge is -2.19. The third-order valence-corrected chi connectivity index (χ3v) is 7.61. The van der Waals surface area contributed by atoms with Crippen LogP contribution in [0.2, 0.25) is 5.02 Å². The average molecular weight is 622 g/mol. The van der Waals surface area contributed by atoms with E-state index in [0.717, 1.165) is 5.56 Å². The summed E-state index contributed by atoms with van der Waals surface area (Å²) in [5.74, 6) is 1.10. The molecule has 198 valence electrons. The van der Waals surface area contributed by atoms with E-state index in [9.17, 15) is 14.5 Å². The lowest BCUT2D eigenvalue weighted by molar-refractivity contribution is -0.479. The Morgan fingerprint density at radius 2 is 1.89 bits per heavy atom. The van der Waals surface area contributed by atoms with E-state index in [2.05, 4.69) is 26.1 Å². The maximum absolute atomic E-state index is 13.5. The summed E-state index contributed by atoms with van der Waals surface area (Å²) in [5.41, 5.74) is 2.10. The highest BCUT2D eigenvalue weighted by Crippen LogP contribution is 2.43. The second-order valence-corrected chi connectivity index (χ2v) is 10.5. The molecule has 12 heteroatoms. The van der Waals surface area contributed by atoms with Crippen LogP contribution in [0.4, 0.5) is 4.39 Å². The van der Waals surface area contributed by atoms with Gasteiger partial charge in [0.25, 0.3) is 0 Å². The molecule has 0 fully saturated rings. The van der Waals surface area contributed by atoms with Gasteiger partial charge in [-0.15, -0.1) is 10.2 Å². The van der Waals surface area contributed by atoms with Crippen LogP contribution in [0.1, 0.15) is 29.1 Å². The van der Waals surface area contributed by atoms with E-state index < -0.39 is 5.25 Å². The minimum absolute atomic E-state index is 0.213. The summed E-state index contributed by atoms with van der Waals surface area (Å²) in [6.45, 7) is 3.81. The lowest BCUT2D eigenvalue weighted by atomic mass is 10.1. The first-order valence-corrected chi connectivity index (χ1v) is 13.6. The minimum Gasteiger partial charge on any atom is -0.490 e. The Labute approximate surface area is 236 Å². The van der Waals surface area contributed by atoms with Gasteiger partial charge in [-0.3, -0.25) is 14.7 Å². The van der Waals surface area contributed by atoms with Crippen LogP contribution in [-0.4, -0.2) is 32.8 Å². The molecule has 0 N–H and O–H groups in total. The summed E-state index contributed by atoms with van der Waals surface area (Å²) in [7, 11) is 0. The highest BCUT2D eigenvalue weighted by atomic mass is 79.9. The van der Waals surface area contributed by atoms with Crippen molar-refractivity contribution in [1.29, 1.82) is 0 Å². The van der Waals surface area contributed by atoms with Crippen molar-refractivity contribution in [3.8, 4) is 17.2 Å². The third kappa shape index (κ3) is 6.64. The van der Waals surface area contributed by atoms with Crippen LogP contribution in [0.25, 0.3) is 5.69 Å². The van der Waals surface area contributed by atoms with Gasteiger partial charge in [-0.25, -0.2) is 4.39 Å². The highest BCUT2D eigenvalue weighted by molar-refractivity contribution is 9.10. The molecule has 1 aromatic heterocycles. The lowest BCUT2D eigenvalue weighted by Crippen LogP contribution is -2.12. The molecule has 1 heterocycles. The topological polar surface area (TPSA) is 92.3 Å². The maximum atomic E-state index is 13.5. The maximum Gasteiger partial charge on any atom is 0.220 e. The molecule has 0 saturated heterocycles. The number of ether oxygens (including phenoxy) is 2. The fourth-order valence-electron chi connectivity index (χ4n) is 3.72. The van der Waals surface area contributed by atoms with E-state index in [1.807, 2.05) is 25.1 Å². The zero-order valence-electron chi connectivity index (χ0n) is 20.4. The van der Waals surface area contributed by atoms with Crippen LogP contribution in [0.5, 0.6) is 11.5 Å². The molecule has 4 aromatic rings. The summed E-state index contributed by atoms with van der Waals surface area (Å²) >= 11 is 11.0. The van der Waals surface area contributed by atoms with Crippen molar-refractivity contribution < 1.29 is 18.8 Å². The molecule has 0 radical (unpaired) electrons. The highest BCUT2D eigenvalue weighted by Gasteiger charge is 2.26. The Morgan fingerprint density at radius 3 is 2.58 bits per heavy atom. The van der Waals surface area contributed by atoms with Crippen LogP contribution in [0, 0.1) is 22.9 Å². The number of benzene rings is 3. The Hall–Kier alpha value is -3.15. The summed E-state index contributed by atoms with van der Waals surface area (Å²) in [6.07, 6.45) is 0. The van der Waals surface area contributed by atoms with Gasteiger partial charge in [0.15, 0.2) is 16.7 Å². The van der Waals surface area contributed by atoms with Gasteiger partial charge < -0.3 is 9.47 Å². The molecule has 0 unspecified atom stereocenters. The van der Waals surface area contributed by atoms with E-state index in [1.54, 1.807) is 41.8 Å². The average Bonchev–Trinajstić information content (AvgIpc) is 3.24. The molecule has 4 rings (SSSR count). The van der Waals surface area contributed by atoms with Crippen molar-refractivity contribution in [3.63, 3.8) is 0 Å². The first kappa shape index (κ1) is 27.9. The normalized spacial score (nSPS) is 11.8. The Morgan fingerprint density at radius 1 is 1.16 bits per heavy atom. The van der Waals surface area contributed by atoms with Gasteiger partial charge in [0.2, 0.25) is 6.54 Å². The molecule has 0 bridgehead atoms. The van der Waals surface area contributed by atoms with E-state index in [0.29, 0.717) is 49.8 Å². The van der Waals surface area contributed by atoms with Gasteiger partial charge in [-0.05, 0) is 77.8 Å². The molecular weight excluding hydrogens is 599 g/mol. The van der Waals surface area contributed by atoms with Crippen LogP contribution >= 0.6 is 39.3 Å². The number of aromatic nitrogens is 3. The monoisotopic (exact) mass is 620 g/mol. The predicted molar refractivity (Wildman–Crippen MR) is 148 cm³/mol. The molecular formula is C26H23BrClFN4O4S. The number of nitro groups is 1. The fourth-order valence-corrected chi connectivity index (χ4v) is 5.64. The van der Waals surface area contributed by atoms with Crippen LogP contribution in [0.15, 0.2) is 70.3 Å². The number of hydrogen-bond donors (Lipinski definition) is 0. The number of nitrogens with zero attached hydrogens (tertiary/aromatic N) is 4. The molecule has 3 aromatic carbocycles. The van der Waals surface area contributed by atoms with Gasteiger partial charge >= 0.3 is 0 Å². The smallest absolute Gasteiger partial charge is 0.220 e. The number of rotatable bonds is 11. The number of halogens is 3. The standard InChI is InChI=1S/C26H23BrClFN4O4S/c1-3-36-23-13-18(12-21(27)25(23)37-15-17-6-4-5-7-22(17)28)24(14-32(34)35)38-26-31-30-16(2)33(26)20-10-8-19(29)9-11-20/h4-13,24H,3,14-15H2,1-2H3/t24-/m1/s1. The number of hydrogen-bond acceptors (Lipinski definition) is 7. The largest absolute Gasteiger partial charge is 0.490 e. The predicted octanol–water partition coefficient (Wildman–Crippen LogP) is 7.22. The summed E-state index contributed by atoms with van der Waals surface area (Å²) in [5, 5.41) is 20.4. The first-order valence-electron chi connectivity index (χ1n) is 11.6. The zero-order chi connectivity index (χ0) is 27.2. The Bertz CT molecular complexity index is 1440. The molecule has 0 saturated carbocycles. The van der Waals surface area contributed by atoms with Crippen molar-refractivity contribution in [2.24, 2.45) is 0 Å². The molecule has 38 heavy (non-hydrogen) atoms. The molecule has 0 spiro atoms. The molecule has 0 aliphatic rings. The van der Waals surface area contributed by atoms with Gasteiger partial charge in [-0.2, -0.15) is 0 Å². The van der Waals surface area contributed by atoms with Crippen LogP contribution < -0.4 is 9.47 Å².